The van der Waals surface area contributed by atoms with E-state index in [0.717, 1.165) is 129 Å². The molecule has 3 aliphatic rings. The lowest BCUT2D eigenvalue weighted by Gasteiger charge is -2.33. The number of hydrogen-bond donors (Lipinski definition) is 2. The fourth-order valence-electron chi connectivity index (χ4n) is 11.3. The van der Waals surface area contributed by atoms with Crippen LogP contribution in [0.4, 0.5) is 4.79 Å². The van der Waals surface area contributed by atoms with Crippen LogP contribution in [-0.4, -0.2) is 72.2 Å². The molecule has 4 aromatic heterocycles. The molecule has 2 amide bonds. The van der Waals surface area contributed by atoms with Crippen molar-refractivity contribution in [2.45, 2.75) is 115 Å². The number of hydrogen-bond acceptors (Lipinski definition) is 6. The van der Waals surface area contributed by atoms with E-state index in [1.54, 1.807) is 0 Å². The zero-order valence-corrected chi connectivity index (χ0v) is 41.5. The van der Waals surface area contributed by atoms with Gasteiger partial charge in [-0.05, 0) is 89.7 Å². The van der Waals surface area contributed by atoms with Gasteiger partial charge in [0, 0.05) is 154 Å². The van der Waals surface area contributed by atoms with Crippen molar-refractivity contribution in [3.05, 3.63) is 154 Å². The molecule has 0 bridgehead atoms. The van der Waals surface area contributed by atoms with Gasteiger partial charge in [-0.15, -0.1) is 0 Å². The number of piperidine rings is 2. The predicted octanol–water partition coefficient (Wildman–Crippen LogP) is 12.8. The number of carbonyl (C=O) groups excluding carboxylic acids is 1. The first-order valence-corrected chi connectivity index (χ1v) is 25.9. The SMILES string of the molecule is Cc1nccn1CCc1cc2cc(Cl)ccc2[c+](C2CCN(C(=O)NC3CCCCC3)CC2)c2ncccc12.Cc1nccn1CCc1cc2cc(Cl)ccc2[c+](C2CCNCC2)c2ncccc12. The molecule has 0 unspecified atom stereocenters. The minimum absolute atomic E-state index is 0.107. The van der Waals surface area contributed by atoms with E-state index in [0.29, 0.717) is 17.9 Å². The van der Waals surface area contributed by atoms with Crippen molar-refractivity contribution in [1.29, 1.82) is 0 Å². The average molecular weight is 961 g/mol. The van der Waals surface area contributed by atoms with E-state index in [2.05, 4.69) is 91.3 Å². The molecule has 2 N–H and O–H groups in total. The van der Waals surface area contributed by atoms with Crippen molar-refractivity contribution in [1.82, 2.24) is 44.6 Å². The lowest BCUT2D eigenvalue weighted by Crippen LogP contribution is -2.48. The molecule has 69 heavy (non-hydrogen) atoms. The highest BCUT2D eigenvalue weighted by atomic mass is 35.5. The number of benzene rings is 2. The molecule has 0 spiro atoms. The van der Waals surface area contributed by atoms with Crippen LogP contribution in [0.5, 0.6) is 0 Å². The molecule has 354 valence electrons. The summed E-state index contributed by atoms with van der Waals surface area (Å²) in [7, 11) is 0. The quantitative estimate of drug-likeness (QED) is 0.140. The summed E-state index contributed by atoms with van der Waals surface area (Å²) in [5.74, 6) is 2.89. The Balaban J connectivity index is 0.000000166. The van der Waals surface area contributed by atoms with Crippen LogP contribution in [0.25, 0.3) is 43.4 Å². The van der Waals surface area contributed by atoms with Gasteiger partial charge >= 0.3 is 6.03 Å². The maximum Gasteiger partial charge on any atom is 0.317 e. The Bertz CT molecular complexity index is 3120. The second-order valence-electron chi connectivity index (χ2n) is 19.3. The van der Waals surface area contributed by atoms with Gasteiger partial charge in [0.2, 0.25) is 0 Å². The van der Waals surface area contributed by atoms with Crippen molar-refractivity contribution in [2.24, 2.45) is 0 Å². The summed E-state index contributed by atoms with van der Waals surface area (Å²) < 4.78 is 4.40. The number of nitrogens with one attached hydrogen (secondary N) is 2. The molecule has 0 atom stereocenters. The molecule has 8 aromatic rings. The molecular weight excluding hydrogens is 898 g/mol. The van der Waals surface area contributed by atoms with Crippen molar-refractivity contribution in [3.63, 3.8) is 0 Å². The van der Waals surface area contributed by atoms with Gasteiger partial charge in [-0.25, -0.2) is 24.7 Å². The van der Waals surface area contributed by atoms with Crippen LogP contribution in [0.2, 0.25) is 10.0 Å². The van der Waals surface area contributed by atoms with Crippen LogP contribution in [0.15, 0.2) is 110 Å². The maximum atomic E-state index is 13.0. The maximum absolute atomic E-state index is 13.0. The molecule has 10 nitrogen and oxygen atoms in total. The third-order valence-electron chi connectivity index (χ3n) is 15.0. The van der Waals surface area contributed by atoms with Crippen LogP contribution in [0.3, 0.4) is 0 Å². The molecule has 11 rings (SSSR count). The van der Waals surface area contributed by atoms with Gasteiger partial charge in [-0.3, -0.25) is 0 Å². The number of imidazole rings is 2. The Kier molecular flexibility index (Phi) is 14.6. The van der Waals surface area contributed by atoms with Crippen LogP contribution in [-0.2, 0) is 25.9 Å². The molecule has 3 fully saturated rings. The third kappa shape index (κ3) is 10.5. The average Bonchev–Trinajstić information content (AvgIpc) is 3.92. The lowest BCUT2D eigenvalue weighted by molar-refractivity contribution is 0.174. The first-order chi connectivity index (χ1) is 33.8. The van der Waals surface area contributed by atoms with Crippen molar-refractivity contribution >= 4 is 72.6 Å². The second-order valence-corrected chi connectivity index (χ2v) is 20.2. The van der Waals surface area contributed by atoms with Gasteiger partial charge in [0.15, 0.2) is 11.0 Å². The van der Waals surface area contributed by atoms with E-state index in [9.17, 15) is 4.79 Å². The Morgan fingerprint density at radius 1 is 0.638 bits per heavy atom. The number of fused-ring (bicyclic) bond motifs is 4. The number of carbonyl (C=O) groups is 1. The molecule has 2 saturated heterocycles. The zero-order chi connectivity index (χ0) is 47.3. The molecule has 4 aromatic carbocycles. The summed E-state index contributed by atoms with van der Waals surface area (Å²) in [6.45, 7) is 9.47. The van der Waals surface area contributed by atoms with Crippen LogP contribution >= 0.6 is 23.2 Å². The summed E-state index contributed by atoms with van der Waals surface area (Å²) in [5, 5.41) is 15.6. The van der Waals surface area contributed by atoms with E-state index in [4.69, 9.17) is 33.2 Å². The highest BCUT2D eigenvalue weighted by Crippen LogP contribution is 2.40. The van der Waals surface area contributed by atoms with Gasteiger partial charge in [0.05, 0.1) is 42.7 Å². The lowest BCUT2D eigenvalue weighted by atomic mass is 9.86. The van der Waals surface area contributed by atoms with Crippen molar-refractivity contribution in [2.75, 3.05) is 26.2 Å². The summed E-state index contributed by atoms with van der Waals surface area (Å²) in [4.78, 5) is 33.7. The number of likely N-dealkylation sites (tertiary alicyclic amines) is 1. The number of pyridine rings is 2. The Labute approximate surface area is 415 Å². The van der Waals surface area contributed by atoms with Gasteiger partial charge in [-0.1, -0.05) is 42.5 Å². The minimum Gasteiger partial charge on any atom is -0.335 e. The molecule has 0 radical (unpaired) electrons. The molecule has 2 aliphatic heterocycles. The fourth-order valence-corrected chi connectivity index (χ4v) is 11.7. The fraction of sp³-hybridized carbons (Fsp3) is 0.386. The molecular formula is C57H63Cl2N9O+2. The molecule has 1 aliphatic carbocycles. The number of aryl methyl sites for hydroxylation is 6. The van der Waals surface area contributed by atoms with Gasteiger partial charge in [0.1, 0.15) is 22.4 Å². The second kappa shape index (κ2) is 21.5. The number of aromatic nitrogens is 6. The standard InChI is InChI=1S/C32H36ClN5O.C25H26ClN4/c1-22-34-15-19-37(22)16-13-24-20-25-21-26(33)9-10-28(25)30(31-29(24)8-5-14-35-31)23-11-17-38(18-12-23)32(39)36-27-6-3-2-4-7-27;1-17-28-12-14-30(17)13-8-19-15-20-16-21(26)4-5-22(20)24(18-6-10-27-11-7-18)25-23(19)3-2-9-29-25/h5,8-10,14-15,19-21,23,27H,2-4,6-7,11-13,16-18H2,1H3;2-5,9,12,14-16,18,27H,6-8,10-11,13H2,1H3/q;+1/p+1. The van der Waals surface area contributed by atoms with E-state index in [1.165, 1.54) is 68.4 Å². The number of urea groups is 1. The summed E-state index contributed by atoms with van der Waals surface area (Å²) in [6.07, 6.45) is 23.5. The van der Waals surface area contributed by atoms with Crippen LogP contribution in [0.1, 0.15) is 104 Å². The largest absolute Gasteiger partial charge is 0.335 e. The summed E-state index contributed by atoms with van der Waals surface area (Å²) in [6, 6.07) is 26.1. The monoisotopic (exact) mass is 959 g/mol. The summed E-state index contributed by atoms with van der Waals surface area (Å²) >= 11 is 12.9. The third-order valence-corrected chi connectivity index (χ3v) is 15.5. The molecule has 6 heterocycles. The number of nitrogens with zero attached hydrogens (tertiary/aromatic N) is 7. The minimum atomic E-state index is 0.107. The summed E-state index contributed by atoms with van der Waals surface area (Å²) in [5.41, 5.74) is 7.43. The zero-order valence-electron chi connectivity index (χ0n) is 39.9. The normalized spacial score (nSPS) is 16.3. The van der Waals surface area contributed by atoms with Gasteiger partial charge in [-0.2, -0.15) is 0 Å². The van der Waals surface area contributed by atoms with E-state index in [1.807, 2.05) is 67.2 Å². The highest BCUT2D eigenvalue weighted by Gasteiger charge is 2.32. The molecule has 12 heteroatoms. The Morgan fingerprint density at radius 3 is 1.64 bits per heavy atom. The number of rotatable bonds is 9. The number of halogens is 2. The molecule has 1 saturated carbocycles. The highest BCUT2D eigenvalue weighted by molar-refractivity contribution is 6.31. The van der Waals surface area contributed by atoms with Gasteiger partial charge in [0.25, 0.3) is 0 Å². The van der Waals surface area contributed by atoms with Crippen molar-refractivity contribution in [3.8, 4) is 0 Å². The van der Waals surface area contributed by atoms with Crippen molar-refractivity contribution < 1.29 is 4.79 Å². The van der Waals surface area contributed by atoms with Gasteiger partial charge < -0.3 is 24.7 Å². The topological polar surface area (TPSA) is 106 Å². The first-order valence-electron chi connectivity index (χ1n) is 25.1. The Hall–Kier alpha value is -5.81. The van der Waals surface area contributed by atoms with E-state index < -0.39 is 0 Å². The smallest absolute Gasteiger partial charge is 0.317 e. The van der Waals surface area contributed by atoms with Crippen LogP contribution < -0.4 is 10.6 Å². The Morgan fingerprint density at radius 2 is 1.14 bits per heavy atom. The van der Waals surface area contributed by atoms with E-state index in [-0.39, 0.29) is 6.03 Å². The van der Waals surface area contributed by atoms with E-state index >= 15 is 0 Å². The van der Waals surface area contributed by atoms with Crippen LogP contribution in [0, 0.1) is 13.8 Å². The predicted molar refractivity (Wildman–Crippen MR) is 282 cm³/mol. The number of amides is 2. The first kappa shape index (κ1) is 46.9.